The first-order chi connectivity index (χ1) is 10.2. The molecule has 0 atom stereocenters. The molecule has 0 radical (unpaired) electrons. The van der Waals surface area contributed by atoms with E-state index >= 15 is 0 Å². The molecule has 1 fully saturated rings. The Morgan fingerprint density at radius 3 is 2.86 bits per heavy atom. The van der Waals surface area contributed by atoms with Gasteiger partial charge in [0.1, 0.15) is 0 Å². The van der Waals surface area contributed by atoms with Crippen molar-refractivity contribution in [1.82, 2.24) is 15.5 Å². The first-order valence-corrected chi connectivity index (χ1v) is 7.75. The van der Waals surface area contributed by atoms with Gasteiger partial charge in [0.25, 0.3) is 11.6 Å². The smallest absolute Gasteiger partial charge is 0.258 e. The van der Waals surface area contributed by atoms with Crippen molar-refractivity contribution in [2.75, 3.05) is 0 Å². The molecule has 2 aromatic heterocycles. The van der Waals surface area contributed by atoms with Crippen molar-refractivity contribution >= 4 is 17.0 Å². The van der Waals surface area contributed by atoms with Crippen molar-refractivity contribution in [1.29, 1.82) is 0 Å². The Labute approximate surface area is 124 Å². The van der Waals surface area contributed by atoms with Gasteiger partial charge in [-0.25, -0.2) is 4.98 Å². The molecule has 1 saturated carbocycles. The molecule has 5 heteroatoms. The third-order valence-electron chi connectivity index (χ3n) is 4.22. The molecule has 2 heterocycles. The third kappa shape index (κ3) is 2.77. The van der Waals surface area contributed by atoms with Gasteiger partial charge in [-0.05, 0) is 32.3 Å². The number of amides is 1. The summed E-state index contributed by atoms with van der Waals surface area (Å²) in [7, 11) is 0. The van der Waals surface area contributed by atoms with Gasteiger partial charge in [-0.2, -0.15) is 0 Å². The molecule has 1 aliphatic rings. The quantitative estimate of drug-likeness (QED) is 0.941. The fraction of sp³-hybridized carbons (Fsp3) is 0.562. The van der Waals surface area contributed by atoms with E-state index in [-0.39, 0.29) is 5.91 Å². The number of nitrogens with one attached hydrogen (secondary N) is 1. The van der Waals surface area contributed by atoms with Crippen LogP contribution in [0.25, 0.3) is 11.1 Å². The Hall–Kier alpha value is -1.91. The van der Waals surface area contributed by atoms with Gasteiger partial charge >= 0.3 is 0 Å². The molecule has 0 aliphatic heterocycles. The summed E-state index contributed by atoms with van der Waals surface area (Å²) in [4.78, 5) is 17.0. The zero-order chi connectivity index (χ0) is 14.8. The predicted octanol–water partition coefficient (Wildman–Crippen LogP) is 3.16. The van der Waals surface area contributed by atoms with Crippen molar-refractivity contribution in [3.8, 4) is 0 Å². The fourth-order valence-corrected chi connectivity index (χ4v) is 3.02. The largest absolute Gasteiger partial charge is 0.349 e. The lowest BCUT2D eigenvalue weighted by Gasteiger charge is -2.23. The van der Waals surface area contributed by atoms with E-state index in [9.17, 15) is 4.79 Å². The summed E-state index contributed by atoms with van der Waals surface area (Å²) in [5, 5.41) is 7.84. The summed E-state index contributed by atoms with van der Waals surface area (Å²) >= 11 is 0. The van der Waals surface area contributed by atoms with Gasteiger partial charge in [0, 0.05) is 11.7 Å². The van der Waals surface area contributed by atoms with Crippen LogP contribution in [0.2, 0.25) is 0 Å². The Morgan fingerprint density at radius 2 is 2.14 bits per heavy atom. The second kappa shape index (κ2) is 5.84. The minimum atomic E-state index is -0.0321. The van der Waals surface area contributed by atoms with Gasteiger partial charge < -0.3 is 9.84 Å². The normalized spacial score (nSPS) is 16.3. The van der Waals surface area contributed by atoms with Gasteiger partial charge in [0.05, 0.1) is 16.6 Å². The number of aromatic nitrogens is 2. The van der Waals surface area contributed by atoms with Crippen LogP contribution in [0, 0.1) is 6.92 Å². The molecular formula is C16H21N3O2. The molecule has 3 rings (SSSR count). The summed E-state index contributed by atoms with van der Waals surface area (Å²) in [6.45, 7) is 3.86. The zero-order valence-corrected chi connectivity index (χ0v) is 12.6. The predicted molar refractivity (Wildman–Crippen MR) is 80.3 cm³/mol. The van der Waals surface area contributed by atoms with Crippen LogP contribution in [0.3, 0.4) is 0 Å². The maximum absolute atomic E-state index is 12.6. The molecule has 0 spiro atoms. The summed E-state index contributed by atoms with van der Waals surface area (Å²) in [6.07, 6.45) is 6.58. The van der Waals surface area contributed by atoms with Gasteiger partial charge in [-0.15, -0.1) is 0 Å². The van der Waals surface area contributed by atoms with Crippen LogP contribution in [0.15, 0.2) is 10.6 Å². The van der Waals surface area contributed by atoms with Gasteiger partial charge in [-0.3, -0.25) is 4.79 Å². The van der Waals surface area contributed by atoms with Crippen LogP contribution >= 0.6 is 0 Å². The summed E-state index contributed by atoms with van der Waals surface area (Å²) < 4.78 is 5.23. The lowest BCUT2D eigenvalue weighted by molar-refractivity contribution is 0.0929. The van der Waals surface area contributed by atoms with Gasteiger partial charge in [0.2, 0.25) is 0 Å². The summed E-state index contributed by atoms with van der Waals surface area (Å²) in [6, 6.07) is 2.16. The molecule has 1 amide bonds. The number of nitrogens with zero attached hydrogens (tertiary/aromatic N) is 2. The fourth-order valence-electron chi connectivity index (χ4n) is 3.02. The SMILES string of the molecule is CCc1cc(C(=O)NC2CCCCC2)c2c(C)noc2n1. The molecule has 21 heavy (non-hydrogen) atoms. The number of carbonyl (C=O) groups is 1. The molecule has 0 bridgehead atoms. The average molecular weight is 287 g/mol. The van der Waals surface area contributed by atoms with Crippen molar-refractivity contribution < 1.29 is 9.32 Å². The Balaban J connectivity index is 1.93. The highest BCUT2D eigenvalue weighted by atomic mass is 16.5. The Morgan fingerprint density at radius 1 is 1.38 bits per heavy atom. The minimum Gasteiger partial charge on any atom is -0.349 e. The van der Waals surface area contributed by atoms with E-state index in [0.29, 0.717) is 23.0 Å². The van der Waals surface area contributed by atoms with Crippen molar-refractivity contribution in [2.24, 2.45) is 0 Å². The zero-order valence-electron chi connectivity index (χ0n) is 12.6. The van der Waals surface area contributed by atoms with Crippen LogP contribution in [0.4, 0.5) is 0 Å². The highest BCUT2D eigenvalue weighted by molar-refractivity contribution is 6.06. The van der Waals surface area contributed by atoms with Crippen molar-refractivity contribution in [3.63, 3.8) is 0 Å². The van der Waals surface area contributed by atoms with Crippen molar-refractivity contribution in [3.05, 3.63) is 23.0 Å². The van der Waals surface area contributed by atoms with E-state index < -0.39 is 0 Å². The lowest BCUT2D eigenvalue weighted by atomic mass is 9.95. The number of pyridine rings is 1. The average Bonchev–Trinajstić information content (AvgIpc) is 2.88. The van der Waals surface area contributed by atoms with Crippen LogP contribution in [0.5, 0.6) is 0 Å². The maximum atomic E-state index is 12.6. The molecule has 2 aromatic rings. The first kappa shape index (κ1) is 14.0. The molecule has 0 unspecified atom stereocenters. The summed E-state index contributed by atoms with van der Waals surface area (Å²) in [5.41, 5.74) is 2.67. The topological polar surface area (TPSA) is 68.0 Å². The number of hydrogen-bond donors (Lipinski definition) is 1. The van der Waals surface area contributed by atoms with Crippen molar-refractivity contribution in [2.45, 2.75) is 58.4 Å². The van der Waals surface area contributed by atoms with E-state index in [1.165, 1.54) is 19.3 Å². The lowest BCUT2D eigenvalue weighted by Crippen LogP contribution is -2.36. The standard InChI is InChI=1S/C16H21N3O2/c1-3-11-9-13(14-10(2)19-21-16(14)18-11)15(20)17-12-7-5-4-6-8-12/h9,12H,3-8H2,1-2H3,(H,17,20). The van der Waals surface area contributed by atoms with Crippen LogP contribution < -0.4 is 5.32 Å². The van der Waals surface area contributed by atoms with Gasteiger partial charge in [-0.1, -0.05) is 31.3 Å². The van der Waals surface area contributed by atoms with E-state index in [0.717, 1.165) is 30.3 Å². The maximum Gasteiger partial charge on any atom is 0.258 e. The molecule has 5 nitrogen and oxygen atoms in total. The first-order valence-electron chi connectivity index (χ1n) is 7.75. The van der Waals surface area contributed by atoms with E-state index in [2.05, 4.69) is 15.5 Å². The number of hydrogen-bond acceptors (Lipinski definition) is 4. The Kier molecular flexibility index (Phi) is 3.90. The second-order valence-corrected chi connectivity index (χ2v) is 5.77. The van der Waals surface area contributed by atoms with E-state index in [1.807, 2.05) is 19.9 Å². The monoisotopic (exact) mass is 287 g/mol. The number of fused-ring (bicyclic) bond motifs is 1. The molecule has 0 saturated heterocycles. The molecule has 1 N–H and O–H groups in total. The minimum absolute atomic E-state index is 0.0321. The summed E-state index contributed by atoms with van der Waals surface area (Å²) in [5.74, 6) is -0.0321. The van der Waals surface area contributed by atoms with Crippen LogP contribution in [0.1, 0.15) is 60.8 Å². The second-order valence-electron chi connectivity index (χ2n) is 5.77. The van der Waals surface area contributed by atoms with Crippen LogP contribution in [-0.4, -0.2) is 22.1 Å². The third-order valence-corrected chi connectivity index (χ3v) is 4.22. The molecule has 112 valence electrons. The molecular weight excluding hydrogens is 266 g/mol. The van der Waals surface area contributed by atoms with E-state index in [4.69, 9.17) is 4.52 Å². The van der Waals surface area contributed by atoms with Crippen LogP contribution in [-0.2, 0) is 6.42 Å². The number of carbonyl (C=O) groups excluding carboxylic acids is 1. The molecule has 1 aliphatic carbocycles. The highest BCUT2D eigenvalue weighted by Crippen LogP contribution is 2.23. The number of rotatable bonds is 3. The van der Waals surface area contributed by atoms with Gasteiger partial charge in [0.15, 0.2) is 0 Å². The molecule has 0 aromatic carbocycles. The number of aryl methyl sites for hydroxylation is 2. The Bertz CT molecular complexity index is 657. The van der Waals surface area contributed by atoms with E-state index in [1.54, 1.807) is 0 Å². The highest BCUT2D eigenvalue weighted by Gasteiger charge is 2.21.